The van der Waals surface area contributed by atoms with Gasteiger partial charge < -0.3 is 9.84 Å². The Balaban J connectivity index is 3.09. The average molecular weight is 272 g/mol. The summed E-state index contributed by atoms with van der Waals surface area (Å²) in [5.41, 5.74) is 0.802. The molecule has 1 N–H and O–H groups in total. The molecule has 0 spiro atoms. The highest BCUT2D eigenvalue weighted by Crippen LogP contribution is 2.21. The molecule has 18 heavy (non-hydrogen) atoms. The fraction of sp³-hybridized carbons (Fsp3) is 0.417. The first-order valence-electron chi connectivity index (χ1n) is 5.42. The molecule has 1 aromatic rings. The largest absolute Gasteiger partial charge is 0.464 e. The summed E-state index contributed by atoms with van der Waals surface area (Å²) in [4.78, 5) is 11.5. The van der Waals surface area contributed by atoms with Crippen LogP contribution in [-0.2, 0) is 19.4 Å². The van der Waals surface area contributed by atoms with Crippen molar-refractivity contribution >= 4 is 15.8 Å². The number of aryl methyl sites for hydroxylation is 1. The lowest BCUT2D eigenvalue weighted by Gasteiger charge is -2.12. The first kappa shape index (κ1) is 14.7. The minimum absolute atomic E-state index is 0.177. The fourth-order valence-electron chi connectivity index (χ4n) is 1.62. The number of carbonyl (C=O) groups is 1. The van der Waals surface area contributed by atoms with E-state index in [2.05, 4.69) is 4.74 Å². The van der Waals surface area contributed by atoms with Crippen LogP contribution in [0.25, 0.3) is 0 Å². The summed E-state index contributed by atoms with van der Waals surface area (Å²) in [5, 5.41) is 9.71. The number of carbonyl (C=O) groups excluding carboxylic acids is 1. The van der Waals surface area contributed by atoms with Crippen LogP contribution in [0.15, 0.2) is 23.1 Å². The number of hydrogen-bond acceptors (Lipinski definition) is 5. The van der Waals surface area contributed by atoms with E-state index in [1.807, 2.05) is 0 Å². The maximum absolute atomic E-state index is 11.4. The van der Waals surface area contributed by atoms with Gasteiger partial charge in [-0.1, -0.05) is 12.1 Å². The smallest absolute Gasteiger partial charge is 0.339 e. The summed E-state index contributed by atoms with van der Waals surface area (Å²) in [6, 6.07) is 4.26. The van der Waals surface area contributed by atoms with Crippen LogP contribution < -0.4 is 0 Å². The Morgan fingerprint density at radius 3 is 2.50 bits per heavy atom. The second-order valence-corrected chi connectivity index (χ2v) is 5.94. The molecule has 1 atom stereocenters. The van der Waals surface area contributed by atoms with Crippen LogP contribution in [0.1, 0.15) is 24.2 Å². The van der Waals surface area contributed by atoms with Crippen molar-refractivity contribution in [2.24, 2.45) is 0 Å². The first-order valence-corrected chi connectivity index (χ1v) is 7.31. The average Bonchev–Trinajstić information content (AvgIpc) is 2.26. The van der Waals surface area contributed by atoms with Gasteiger partial charge in [-0.15, -0.1) is 0 Å². The summed E-state index contributed by atoms with van der Waals surface area (Å²) in [5.74, 6) is -0.746. The molecule has 0 aliphatic carbocycles. The third-order valence-electron chi connectivity index (χ3n) is 2.42. The summed E-state index contributed by atoms with van der Waals surface area (Å²) in [7, 11) is -3.30. The van der Waals surface area contributed by atoms with Crippen LogP contribution >= 0.6 is 0 Å². The number of hydrogen-bond donors (Lipinski definition) is 1. The highest BCUT2D eigenvalue weighted by Gasteiger charge is 2.20. The number of esters is 1. The molecule has 0 fully saturated rings. The highest BCUT2D eigenvalue weighted by molar-refractivity contribution is 7.90. The van der Waals surface area contributed by atoms with Crippen LogP contribution in [0.3, 0.4) is 0 Å². The Kier molecular flexibility index (Phi) is 4.48. The van der Waals surface area contributed by atoms with Crippen molar-refractivity contribution in [3.63, 3.8) is 0 Å². The Morgan fingerprint density at radius 2 is 2.06 bits per heavy atom. The summed E-state index contributed by atoms with van der Waals surface area (Å²) in [6.45, 7) is 3.43. The minimum Gasteiger partial charge on any atom is -0.464 e. The second-order valence-electron chi connectivity index (χ2n) is 3.95. The zero-order chi connectivity index (χ0) is 13.9. The quantitative estimate of drug-likeness (QED) is 0.827. The van der Waals surface area contributed by atoms with E-state index in [-0.39, 0.29) is 11.5 Å². The van der Waals surface area contributed by atoms with Crippen molar-refractivity contribution in [2.45, 2.75) is 24.8 Å². The molecule has 0 aliphatic rings. The van der Waals surface area contributed by atoms with Gasteiger partial charge in [-0.2, -0.15) is 0 Å². The Morgan fingerprint density at radius 1 is 1.44 bits per heavy atom. The third-order valence-corrected chi connectivity index (χ3v) is 3.68. The van der Waals surface area contributed by atoms with E-state index in [4.69, 9.17) is 0 Å². The topological polar surface area (TPSA) is 80.7 Å². The van der Waals surface area contributed by atoms with Crippen molar-refractivity contribution in [3.8, 4) is 0 Å². The SMILES string of the molecule is CCOC(=O)C(O)c1ccc(S(C)(=O)=O)c(C)c1. The summed E-state index contributed by atoms with van der Waals surface area (Å²) in [6.07, 6.45) is -0.284. The normalized spacial score (nSPS) is 13.1. The van der Waals surface area contributed by atoms with Crippen LogP contribution in [0.2, 0.25) is 0 Å². The maximum Gasteiger partial charge on any atom is 0.339 e. The number of aliphatic hydroxyl groups is 1. The fourth-order valence-corrected chi connectivity index (χ4v) is 2.58. The number of rotatable bonds is 4. The summed E-state index contributed by atoms with van der Waals surface area (Å²) >= 11 is 0. The molecule has 0 aromatic heterocycles. The Bertz CT molecular complexity index is 548. The van der Waals surface area contributed by atoms with Gasteiger partial charge in [-0.05, 0) is 31.0 Å². The van der Waals surface area contributed by atoms with Gasteiger partial charge in [0.25, 0.3) is 0 Å². The van der Waals surface area contributed by atoms with Crippen molar-refractivity contribution in [3.05, 3.63) is 29.3 Å². The lowest BCUT2D eigenvalue weighted by Crippen LogP contribution is -2.15. The predicted molar refractivity (Wildman–Crippen MR) is 65.9 cm³/mol. The van der Waals surface area contributed by atoms with Gasteiger partial charge in [-0.3, -0.25) is 0 Å². The lowest BCUT2D eigenvalue weighted by atomic mass is 10.1. The van der Waals surface area contributed by atoms with Gasteiger partial charge in [0.05, 0.1) is 11.5 Å². The van der Waals surface area contributed by atoms with Gasteiger partial charge in [0.2, 0.25) is 0 Å². The zero-order valence-corrected chi connectivity index (χ0v) is 11.3. The van der Waals surface area contributed by atoms with Gasteiger partial charge >= 0.3 is 5.97 Å². The molecule has 0 bridgehead atoms. The van der Waals surface area contributed by atoms with E-state index in [0.717, 1.165) is 6.26 Å². The molecule has 0 amide bonds. The molecule has 1 rings (SSSR count). The molecule has 0 heterocycles. The molecule has 0 saturated heterocycles. The van der Waals surface area contributed by atoms with E-state index < -0.39 is 21.9 Å². The zero-order valence-electron chi connectivity index (χ0n) is 10.5. The molecule has 5 nitrogen and oxygen atoms in total. The molecular weight excluding hydrogens is 256 g/mol. The number of ether oxygens (including phenoxy) is 1. The maximum atomic E-state index is 11.4. The third kappa shape index (κ3) is 3.30. The first-order chi connectivity index (χ1) is 8.27. The van der Waals surface area contributed by atoms with Gasteiger partial charge in [0.1, 0.15) is 0 Å². The van der Waals surface area contributed by atoms with Crippen molar-refractivity contribution < 1.29 is 23.1 Å². The van der Waals surface area contributed by atoms with Crippen molar-refractivity contribution in [2.75, 3.05) is 12.9 Å². The van der Waals surface area contributed by atoms with Crippen molar-refractivity contribution in [1.29, 1.82) is 0 Å². The summed E-state index contributed by atoms with van der Waals surface area (Å²) < 4.78 is 27.5. The predicted octanol–water partition coefficient (Wildman–Crippen LogP) is 0.995. The lowest BCUT2D eigenvalue weighted by molar-refractivity contribution is -0.153. The van der Waals surface area contributed by atoms with Crippen LogP contribution in [0, 0.1) is 6.92 Å². The van der Waals surface area contributed by atoms with E-state index >= 15 is 0 Å². The molecular formula is C12H16O5S. The number of sulfone groups is 1. The van der Waals surface area contributed by atoms with Gasteiger partial charge in [0.15, 0.2) is 15.9 Å². The minimum atomic E-state index is -3.30. The molecule has 1 unspecified atom stereocenters. The second kappa shape index (κ2) is 5.49. The highest BCUT2D eigenvalue weighted by atomic mass is 32.2. The van der Waals surface area contributed by atoms with E-state index in [9.17, 15) is 18.3 Å². The van der Waals surface area contributed by atoms with Crippen LogP contribution in [0.5, 0.6) is 0 Å². The molecule has 100 valence electrons. The van der Waals surface area contributed by atoms with Crippen LogP contribution in [-0.4, -0.2) is 32.4 Å². The molecule has 0 saturated carbocycles. The molecule has 0 radical (unpaired) electrons. The monoisotopic (exact) mass is 272 g/mol. The Hall–Kier alpha value is -1.40. The standard InChI is InChI=1S/C12H16O5S/c1-4-17-12(14)11(13)9-5-6-10(8(2)7-9)18(3,15)16/h5-7,11,13H,4H2,1-3H3. The van der Waals surface area contributed by atoms with E-state index in [1.54, 1.807) is 13.8 Å². The van der Waals surface area contributed by atoms with E-state index in [1.165, 1.54) is 18.2 Å². The van der Waals surface area contributed by atoms with Crippen LogP contribution in [0.4, 0.5) is 0 Å². The number of aliphatic hydroxyl groups excluding tert-OH is 1. The molecule has 1 aromatic carbocycles. The number of benzene rings is 1. The van der Waals surface area contributed by atoms with E-state index in [0.29, 0.717) is 11.1 Å². The van der Waals surface area contributed by atoms with Crippen molar-refractivity contribution in [1.82, 2.24) is 0 Å². The van der Waals surface area contributed by atoms with Gasteiger partial charge in [-0.25, -0.2) is 13.2 Å². The Labute approximate surface area is 106 Å². The van der Waals surface area contributed by atoms with Gasteiger partial charge in [0, 0.05) is 6.26 Å². The molecule has 0 aliphatic heterocycles. The molecule has 6 heteroatoms.